The van der Waals surface area contributed by atoms with Gasteiger partial charge in [0.2, 0.25) is 47.3 Å². The smallest absolute Gasteiger partial charge is 0.326 e. The van der Waals surface area contributed by atoms with Crippen LogP contribution < -0.4 is 48.7 Å². The number of carboxylic acid groups (broad SMARTS) is 2. The largest absolute Gasteiger partial charge is 0.481 e. The third-order valence-electron chi connectivity index (χ3n) is 12.3. The predicted octanol–water partition coefficient (Wildman–Crippen LogP) is 1.00. The summed E-state index contributed by atoms with van der Waals surface area (Å²) in [6, 6.07) is 5.10. The number of carboxylic acids is 2. The standard InChI is InChI=1S/C51H74N10O12S/c1-8-29(6)43(50(71)60-42(28(4)5)49(70)56-36(51(72)73)20-21-74-7)61-48(69)38(24-31-26-54-34-17-13-12-16-32(31)34)58-45(66)35(18-19-41(63)64)55-47(68)39(25-40(53)62)59-46(67)37(22-27(2)3)57-44(65)33(52)23-30-14-10-9-11-15-30/h9-17,26-29,33,35-39,42-43,54H,8,18-25,52H2,1-7H3,(H2,53,62)(H,55,68)(H,56,70)(H,57,65)(H,58,66)(H,59,67)(H,60,71)(H,61,69)(H,63,64)(H,72,73)/t29-,33-,35-,36-,37-,38-,39-,42-,43-/m0/s1. The van der Waals surface area contributed by atoms with Crippen LogP contribution in [0.3, 0.4) is 0 Å². The van der Waals surface area contributed by atoms with Crippen molar-refractivity contribution in [3.8, 4) is 0 Å². The highest BCUT2D eigenvalue weighted by Crippen LogP contribution is 2.20. The van der Waals surface area contributed by atoms with E-state index in [0.29, 0.717) is 28.6 Å². The summed E-state index contributed by atoms with van der Waals surface area (Å²) in [5, 5.41) is 38.2. The highest BCUT2D eigenvalue weighted by atomic mass is 32.2. The average molecular weight is 1050 g/mol. The Morgan fingerprint density at radius 2 is 1.16 bits per heavy atom. The summed E-state index contributed by atoms with van der Waals surface area (Å²) in [5.41, 5.74) is 13.7. The van der Waals surface area contributed by atoms with Gasteiger partial charge in [-0.25, -0.2) is 4.79 Å². The van der Waals surface area contributed by atoms with Crippen molar-refractivity contribution in [1.29, 1.82) is 0 Å². The molecule has 0 aliphatic carbocycles. The first-order valence-electron chi connectivity index (χ1n) is 24.6. The van der Waals surface area contributed by atoms with Gasteiger partial charge in [-0.1, -0.05) is 96.5 Å². The Morgan fingerprint density at radius 1 is 0.622 bits per heavy atom. The molecular formula is C51H74N10O12S. The van der Waals surface area contributed by atoms with E-state index in [4.69, 9.17) is 11.5 Å². The van der Waals surface area contributed by atoms with E-state index in [9.17, 15) is 58.2 Å². The van der Waals surface area contributed by atoms with Gasteiger partial charge in [0.15, 0.2) is 0 Å². The van der Waals surface area contributed by atoms with E-state index in [1.54, 1.807) is 109 Å². The first-order chi connectivity index (χ1) is 34.9. The summed E-state index contributed by atoms with van der Waals surface area (Å²) >= 11 is 1.40. The Morgan fingerprint density at radius 3 is 1.76 bits per heavy atom. The molecular weight excluding hydrogens is 977 g/mol. The molecule has 8 amide bonds. The zero-order valence-corrected chi connectivity index (χ0v) is 43.8. The average Bonchev–Trinajstić information content (AvgIpc) is 3.75. The number of aromatic nitrogens is 1. The Labute approximate surface area is 435 Å². The normalized spacial score (nSPS) is 14.9. The van der Waals surface area contributed by atoms with Crippen molar-refractivity contribution in [1.82, 2.24) is 42.2 Å². The Hall–Kier alpha value is -7.01. The molecule has 3 rings (SSSR count). The molecule has 0 unspecified atom stereocenters. The van der Waals surface area contributed by atoms with Gasteiger partial charge in [-0.3, -0.25) is 43.2 Å². The molecule has 74 heavy (non-hydrogen) atoms. The Balaban J connectivity index is 1.96. The molecule has 0 saturated heterocycles. The van der Waals surface area contributed by atoms with Crippen LogP contribution in [0.2, 0.25) is 0 Å². The van der Waals surface area contributed by atoms with Gasteiger partial charge in [0.25, 0.3) is 0 Å². The number of rotatable bonds is 32. The van der Waals surface area contributed by atoms with E-state index in [1.807, 2.05) is 0 Å². The summed E-state index contributed by atoms with van der Waals surface area (Å²) in [7, 11) is 0. The lowest BCUT2D eigenvalue weighted by atomic mass is 9.95. The number of nitrogens with one attached hydrogen (secondary N) is 8. The maximum atomic E-state index is 14.6. The lowest BCUT2D eigenvalue weighted by Crippen LogP contribution is -2.62. The minimum Gasteiger partial charge on any atom is -0.481 e. The molecule has 9 atom stereocenters. The number of hydrogen-bond acceptors (Lipinski definition) is 12. The Bertz CT molecular complexity index is 2420. The molecule has 0 saturated carbocycles. The number of primary amides is 1. The van der Waals surface area contributed by atoms with Gasteiger partial charge in [0, 0.05) is 29.9 Å². The molecule has 0 spiro atoms. The zero-order chi connectivity index (χ0) is 55.2. The van der Waals surface area contributed by atoms with Crippen LogP contribution in [0.4, 0.5) is 0 Å². The number of aromatic amines is 1. The number of fused-ring (bicyclic) bond motifs is 1. The fourth-order valence-corrected chi connectivity index (χ4v) is 8.40. The van der Waals surface area contributed by atoms with Gasteiger partial charge >= 0.3 is 11.9 Å². The van der Waals surface area contributed by atoms with Gasteiger partial charge in [0.05, 0.1) is 12.5 Å². The summed E-state index contributed by atoms with van der Waals surface area (Å²) in [5.74, 6) is -10.5. The first kappa shape index (κ1) is 61.3. The van der Waals surface area contributed by atoms with Crippen LogP contribution in [0, 0.1) is 17.8 Å². The lowest BCUT2D eigenvalue weighted by Gasteiger charge is -2.30. The quantitative estimate of drug-likeness (QED) is 0.0415. The Kier molecular flexibility index (Phi) is 25.1. The van der Waals surface area contributed by atoms with Crippen molar-refractivity contribution in [3.63, 3.8) is 0 Å². The molecule has 1 aromatic heterocycles. The molecule has 0 aliphatic rings. The van der Waals surface area contributed by atoms with Crippen molar-refractivity contribution in [2.24, 2.45) is 29.2 Å². The molecule has 0 bridgehead atoms. The number of H-pyrrole nitrogens is 1. The van der Waals surface area contributed by atoms with E-state index in [2.05, 4.69) is 42.2 Å². The van der Waals surface area contributed by atoms with Crippen molar-refractivity contribution in [2.45, 2.75) is 141 Å². The zero-order valence-electron chi connectivity index (χ0n) is 43.0. The van der Waals surface area contributed by atoms with Crippen LogP contribution in [0.15, 0.2) is 60.8 Å². The number of thioether (sulfide) groups is 1. The van der Waals surface area contributed by atoms with Gasteiger partial charge < -0.3 is 63.9 Å². The fraction of sp³-hybridized carbons (Fsp3) is 0.529. The van der Waals surface area contributed by atoms with Gasteiger partial charge in [-0.2, -0.15) is 11.8 Å². The maximum Gasteiger partial charge on any atom is 0.326 e. The molecule has 0 radical (unpaired) electrons. The maximum absolute atomic E-state index is 14.6. The lowest BCUT2D eigenvalue weighted by molar-refractivity contribution is -0.142. The third-order valence-corrected chi connectivity index (χ3v) is 12.9. The second-order valence-electron chi connectivity index (χ2n) is 19.1. The van der Waals surface area contributed by atoms with E-state index >= 15 is 0 Å². The van der Waals surface area contributed by atoms with E-state index in [0.717, 1.165) is 5.56 Å². The van der Waals surface area contributed by atoms with E-state index in [1.165, 1.54) is 11.8 Å². The fourth-order valence-electron chi connectivity index (χ4n) is 7.92. The molecule has 2 aromatic carbocycles. The van der Waals surface area contributed by atoms with Crippen molar-refractivity contribution >= 4 is 81.9 Å². The SMILES string of the molecule is CC[C@H](C)[C@H](NC(=O)[C@H](Cc1c[nH]c2ccccc12)NC(=O)[C@H](CCC(=O)O)NC(=O)[C@H](CC(N)=O)NC(=O)[C@H](CC(C)C)NC(=O)[C@@H](N)Cc1ccccc1)C(=O)N[C@H](C(=O)N[C@@H](CCSC)C(=O)O)C(C)C. The predicted molar refractivity (Wildman–Crippen MR) is 279 cm³/mol. The van der Waals surface area contributed by atoms with Crippen LogP contribution in [-0.2, 0) is 60.8 Å². The number of benzene rings is 2. The molecule has 1 heterocycles. The molecule has 406 valence electrons. The topological polar surface area (TPSA) is 363 Å². The number of carbonyl (C=O) groups is 10. The molecule has 14 N–H and O–H groups in total. The summed E-state index contributed by atoms with van der Waals surface area (Å²) in [6.07, 6.45) is 1.97. The van der Waals surface area contributed by atoms with Crippen LogP contribution in [0.5, 0.6) is 0 Å². The van der Waals surface area contributed by atoms with Crippen molar-refractivity contribution in [2.75, 3.05) is 12.0 Å². The number of carbonyl (C=O) groups excluding carboxylic acids is 8. The minimum atomic E-state index is -1.73. The highest BCUT2D eigenvalue weighted by molar-refractivity contribution is 7.98. The summed E-state index contributed by atoms with van der Waals surface area (Å²) in [4.78, 5) is 137. The first-order valence-corrected chi connectivity index (χ1v) is 26.0. The minimum absolute atomic E-state index is 0.0863. The van der Waals surface area contributed by atoms with Crippen molar-refractivity contribution < 1.29 is 58.2 Å². The van der Waals surface area contributed by atoms with E-state index < -0.39 is 139 Å². The molecule has 22 nitrogen and oxygen atoms in total. The third kappa shape index (κ3) is 19.8. The van der Waals surface area contributed by atoms with Crippen LogP contribution in [-0.4, -0.2) is 135 Å². The number of amides is 8. The van der Waals surface area contributed by atoms with Crippen LogP contribution in [0.1, 0.15) is 91.2 Å². The molecule has 0 aliphatic heterocycles. The van der Waals surface area contributed by atoms with Crippen LogP contribution >= 0.6 is 11.8 Å². The van der Waals surface area contributed by atoms with Gasteiger partial charge in [-0.05, 0) is 72.6 Å². The number of hydrogen-bond donors (Lipinski definition) is 12. The number of nitrogens with two attached hydrogens (primary N) is 2. The molecule has 0 fully saturated rings. The van der Waals surface area contributed by atoms with Crippen LogP contribution in [0.25, 0.3) is 10.9 Å². The highest BCUT2D eigenvalue weighted by Gasteiger charge is 2.37. The summed E-state index contributed by atoms with van der Waals surface area (Å²) < 4.78 is 0. The number of aliphatic carboxylic acids is 2. The second kappa shape index (κ2) is 30.2. The second-order valence-corrected chi connectivity index (χ2v) is 20.1. The molecule has 3 aromatic rings. The number of para-hydroxylation sites is 1. The van der Waals surface area contributed by atoms with Gasteiger partial charge in [0.1, 0.15) is 42.3 Å². The van der Waals surface area contributed by atoms with E-state index in [-0.39, 0.29) is 31.6 Å². The molecule has 23 heteroatoms. The summed E-state index contributed by atoms with van der Waals surface area (Å²) in [6.45, 7) is 10.3. The van der Waals surface area contributed by atoms with Gasteiger partial charge in [-0.15, -0.1) is 0 Å². The van der Waals surface area contributed by atoms with Crippen molar-refractivity contribution in [3.05, 3.63) is 71.9 Å². The monoisotopic (exact) mass is 1050 g/mol.